The molecule has 1 fully saturated rings. The Morgan fingerprint density at radius 3 is 2.68 bits per heavy atom. The third-order valence-corrected chi connectivity index (χ3v) is 5.43. The third kappa shape index (κ3) is 2.25. The molecule has 0 radical (unpaired) electrons. The highest BCUT2D eigenvalue weighted by atomic mass is 32.2. The zero-order chi connectivity index (χ0) is 14.3. The lowest BCUT2D eigenvalue weighted by molar-refractivity contribution is -0.149. The van der Waals surface area contributed by atoms with E-state index in [1.165, 1.54) is 24.0 Å². The van der Waals surface area contributed by atoms with Crippen LogP contribution in [0.5, 0.6) is 0 Å². The Hall–Kier alpha value is -1.41. The number of hydrogen-bond acceptors (Lipinski definition) is 4. The van der Waals surface area contributed by atoms with Crippen LogP contribution in [0.2, 0.25) is 0 Å². The largest absolute Gasteiger partial charge is 0.480 e. The van der Waals surface area contributed by atoms with Crippen molar-refractivity contribution in [3.05, 3.63) is 12.5 Å². The van der Waals surface area contributed by atoms with Crippen LogP contribution in [0.3, 0.4) is 0 Å². The maximum absolute atomic E-state index is 12.5. The van der Waals surface area contributed by atoms with Gasteiger partial charge in [0.05, 0.1) is 6.33 Å². The van der Waals surface area contributed by atoms with E-state index in [0.717, 1.165) is 4.31 Å². The summed E-state index contributed by atoms with van der Waals surface area (Å²) in [5.41, 5.74) is -1.39. The number of sulfonamides is 1. The van der Waals surface area contributed by atoms with E-state index < -0.39 is 21.5 Å². The molecule has 1 aliphatic rings. The first-order valence-electron chi connectivity index (χ1n) is 6.03. The van der Waals surface area contributed by atoms with Crippen LogP contribution in [0.25, 0.3) is 0 Å². The van der Waals surface area contributed by atoms with E-state index in [2.05, 4.69) is 4.98 Å². The van der Waals surface area contributed by atoms with Crippen molar-refractivity contribution in [3.8, 4) is 0 Å². The predicted octanol–water partition coefficient (Wildman–Crippen LogP) is 0.438. The first-order valence-corrected chi connectivity index (χ1v) is 7.47. The van der Waals surface area contributed by atoms with Crippen LogP contribution in [0.4, 0.5) is 0 Å². The molecule has 0 aromatic carbocycles. The van der Waals surface area contributed by atoms with Gasteiger partial charge in [-0.15, -0.1) is 0 Å². The van der Waals surface area contributed by atoms with Crippen molar-refractivity contribution >= 4 is 16.0 Å². The second-order valence-electron chi connectivity index (χ2n) is 4.99. The Morgan fingerprint density at radius 1 is 1.47 bits per heavy atom. The average Bonchev–Trinajstić information content (AvgIpc) is 2.76. The first-order chi connectivity index (χ1) is 8.78. The summed E-state index contributed by atoms with van der Waals surface area (Å²) in [5, 5.41) is 9.24. The van der Waals surface area contributed by atoms with E-state index in [9.17, 15) is 18.3 Å². The molecule has 8 heteroatoms. The van der Waals surface area contributed by atoms with Crippen LogP contribution < -0.4 is 0 Å². The highest BCUT2D eigenvalue weighted by Gasteiger charge is 2.48. The number of carboxylic acids is 1. The van der Waals surface area contributed by atoms with Crippen molar-refractivity contribution in [2.24, 2.45) is 7.05 Å². The van der Waals surface area contributed by atoms with Gasteiger partial charge in [-0.3, -0.25) is 4.79 Å². The SMILES string of the molecule is Cn1cnc(S(=O)(=O)N2CCCCC2(C)C(=O)O)c1. The topological polar surface area (TPSA) is 92.5 Å². The molecule has 1 aliphatic heterocycles. The minimum atomic E-state index is -3.87. The van der Waals surface area contributed by atoms with Crippen LogP contribution >= 0.6 is 0 Å². The highest BCUT2D eigenvalue weighted by molar-refractivity contribution is 7.89. The molecule has 1 saturated heterocycles. The standard InChI is InChI=1S/C11H17N3O4S/c1-11(10(15)16)5-3-4-6-14(11)19(17,18)9-7-13(2)8-12-9/h7-8H,3-6H2,1-2H3,(H,15,16). The number of carboxylic acid groups (broad SMARTS) is 1. The normalized spacial score (nSPS) is 25.4. The molecule has 0 aliphatic carbocycles. The van der Waals surface area contributed by atoms with Crippen molar-refractivity contribution < 1.29 is 18.3 Å². The summed E-state index contributed by atoms with van der Waals surface area (Å²) in [5.74, 6) is -1.12. The Balaban J connectivity index is 2.46. The van der Waals surface area contributed by atoms with Gasteiger partial charge in [-0.1, -0.05) is 0 Å². The van der Waals surface area contributed by atoms with Gasteiger partial charge in [-0.2, -0.15) is 4.31 Å². The van der Waals surface area contributed by atoms with Crippen molar-refractivity contribution in [2.45, 2.75) is 36.8 Å². The Kier molecular flexibility index (Phi) is 3.40. The summed E-state index contributed by atoms with van der Waals surface area (Å²) in [4.78, 5) is 15.3. The molecule has 2 heterocycles. The maximum Gasteiger partial charge on any atom is 0.324 e. The van der Waals surface area contributed by atoms with Crippen molar-refractivity contribution in [1.82, 2.24) is 13.9 Å². The minimum absolute atomic E-state index is 0.107. The molecule has 1 unspecified atom stereocenters. The highest BCUT2D eigenvalue weighted by Crippen LogP contribution is 2.33. The first kappa shape index (κ1) is 14.0. The Morgan fingerprint density at radius 2 is 2.16 bits per heavy atom. The zero-order valence-corrected chi connectivity index (χ0v) is 11.7. The Bertz CT molecular complexity index is 595. The molecule has 106 valence electrons. The molecule has 0 saturated carbocycles. The van der Waals surface area contributed by atoms with E-state index in [4.69, 9.17) is 0 Å². The Labute approximate surface area is 111 Å². The molecule has 0 bridgehead atoms. The summed E-state index contributed by atoms with van der Waals surface area (Å²) in [6.07, 6.45) is 4.45. The van der Waals surface area contributed by atoms with Gasteiger partial charge in [-0.05, 0) is 26.2 Å². The van der Waals surface area contributed by atoms with Gasteiger partial charge in [0.15, 0.2) is 5.03 Å². The molecule has 19 heavy (non-hydrogen) atoms. The molecule has 0 spiro atoms. The fraction of sp³-hybridized carbons (Fsp3) is 0.636. The molecule has 1 atom stereocenters. The quantitative estimate of drug-likeness (QED) is 0.870. The van der Waals surface area contributed by atoms with Gasteiger partial charge in [0.1, 0.15) is 5.54 Å². The molecular weight excluding hydrogens is 270 g/mol. The van der Waals surface area contributed by atoms with Crippen LogP contribution in [0.1, 0.15) is 26.2 Å². The summed E-state index contributed by atoms with van der Waals surface area (Å²) in [6, 6.07) is 0. The van der Waals surface area contributed by atoms with Crippen molar-refractivity contribution in [2.75, 3.05) is 6.54 Å². The summed E-state index contributed by atoms with van der Waals surface area (Å²) < 4.78 is 27.6. The molecule has 2 rings (SSSR count). The molecule has 1 N–H and O–H groups in total. The van der Waals surface area contributed by atoms with Gasteiger partial charge in [0.2, 0.25) is 0 Å². The average molecular weight is 287 g/mol. The van der Waals surface area contributed by atoms with Crippen LogP contribution in [-0.4, -0.2) is 45.4 Å². The predicted molar refractivity (Wildman–Crippen MR) is 67.0 cm³/mol. The molecule has 1 aromatic rings. The van der Waals surface area contributed by atoms with Gasteiger partial charge < -0.3 is 9.67 Å². The van der Waals surface area contributed by atoms with E-state index >= 15 is 0 Å². The zero-order valence-electron chi connectivity index (χ0n) is 10.9. The monoisotopic (exact) mass is 287 g/mol. The second kappa shape index (κ2) is 4.61. The second-order valence-corrected chi connectivity index (χ2v) is 6.80. The van der Waals surface area contributed by atoms with Gasteiger partial charge in [0, 0.05) is 19.8 Å². The van der Waals surface area contributed by atoms with Gasteiger partial charge in [0.25, 0.3) is 10.0 Å². The lowest BCUT2D eigenvalue weighted by Gasteiger charge is -2.39. The fourth-order valence-electron chi connectivity index (χ4n) is 2.33. The smallest absolute Gasteiger partial charge is 0.324 e. The van der Waals surface area contributed by atoms with E-state index in [1.807, 2.05) is 0 Å². The van der Waals surface area contributed by atoms with Crippen LogP contribution in [-0.2, 0) is 21.9 Å². The van der Waals surface area contributed by atoms with Crippen molar-refractivity contribution in [3.63, 3.8) is 0 Å². The fourth-order valence-corrected chi connectivity index (χ4v) is 4.11. The lowest BCUT2D eigenvalue weighted by atomic mass is 9.91. The molecule has 0 amide bonds. The summed E-state index contributed by atoms with van der Waals surface area (Å²) in [7, 11) is -2.21. The third-order valence-electron chi connectivity index (χ3n) is 3.52. The number of hydrogen-bond donors (Lipinski definition) is 1. The minimum Gasteiger partial charge on any atom is -0.480 e. The number of rotatable bonds is 3. The van der Waals surface area contributed by atoms with Gasteiger partial charge in [-0.25, -0.2) is 13.4 Å². The van der Waals surface area contributed by atoms with Crippen LogP contribution in [0.15, 0.2) is 17.6 Å². The number of nitrogens with zero attached hydrogens (tertiary/aromatic N) is 3. The van der Waals surface area contributed by atoms with E-state index in [0.29, 0.717) is 19.3 Å². The van der Waals surface area contributed by atoms with Gasteiger partial charge >= 0.3 is 5.97 Å². The molecule has 7 nitrogen and oxygen atoms in total. The number of aliphatic carboxylic acids is 1. The number of imidazole rings is 1. The molecular formula is C11H17N3O4S. The number of piperidine rings is 1. The van der Waals surface area contributed by atoms with Crippen LogP contribution in [0, 0.1) is 0 Å². The number of carbonyl (C=O) groups is 1. The van der Waals surface area contributed by atoms with E-state index in [1.54, 1.807) is 7.05 Å². The lowest BCUT2D eigenvalue weighted by Crippen LogP contribution is -2.57. The number of aromatic nitrogens is 2. The molecule has 1 aromatic heterocycles. The maximum atomic E-state index is 12.5. The summed E-state index contributed by atoms with van der Waals surface area (Å²) >= 11 is 0. The van der Waals surface area contributed by atoms with E-state index in [-0.39, 0.29) is 11.6 Å². The number of aryl methyl sites for hydroxylation is 1. The summed E-state index contributed by atoms with van der Waals surface area (Å²) in [6.45, 7) is 1.66. The van der Waals surface area contributed by atoms with Crippen molar-refractivity contribution in [1.29, 1.82) is 0 Å².